The third kappa shape index (κ3) is 0.659. The molecular weight excluding hydrogens is 267 g/mol. The monoisotopic (exact) mass is 278 g/mol. The van der Waals surface area contributed by atoms with E-state index in [1.807, 2.05) is 0 Å². The Morgan fingerprint density at radius 3 is 2.92 bits per heavy atom. The minimum absolute atomic E-state index is 0.0826. The molecule has 1 heterocycles. The van der Waals surface area contributed by atoms with Crippen molar-refractivity contribution >= 4 is 28.6 Å². The molecule has 0 spiro atoms. The number of halogens is 1. The summed E-state index contributed by atoms with van der Waals surface area (Å²) in [6.45, 7) is 2.21. The number of ether oxygens (including phenoxy) is 1. The second-order valence-corrected chi connectivity index (χ2v) is 5.73. The van der Waals surface area contributed by atoms with Gasteiger partial charge in [-0.05, 0) is 18.3 Å². The summed E-state index contributed by atoms with van der Waals surface area (Å²) in [6, 6.07) is 0. The molecule has 66 valence electrons. The summed E-state index contributed by atoms with van der Waals surface area (Å²) in [7, 11) is 0. The average Bonchev–Trinajstić information content (AvgIpc) is 2.56. The third-order valence-corrected chi connectivity index (χ3v) is 5.55. The fourth-order valence-corrected chi connectivity index (χ4v) is 4.95. The summed E-state index contributed by atoms with van der Waals surface area (Å²) in [5.41, 5.74) is 0. The molecule has 0 aromatic carbocycles. The van der Waals surface area contributed by atoms with E-state index in [0.29, 0.717) is 15.8 Å². The van der Waals surface area contributed by atoms with Crippen LogP contribution in [0.1, 0.15) is 13.3 Å². The molecule has 2 aliphatic carbocycles. The number of carbonyl (C=O) groups is 1. The maximum absolute atomic E-state index is 11.4. The molecule has 1 saturated heterocycles. The lowest BCUT2D eigenvalue weighted by Crippen LogP contribution is -2.32. The first kappa shape index (κ1) is 7.59. The predicted molar refractivity (Wildman–Crippen MR) is 51.9 cm³/mol. The molecule has 0 amide bonds. The van der Waals surface area contributed by atoms with Crippen LogP contribution >= 0.6 is 22.6 Å². The van der Waals surface area contributed by atoms with Gasteiger partial charge in [-0.1, -0.05) is 29.5 Å². The van der Waals surface area contributed by atoms with Crippen LogP contribution in [-0.2, 0) is 9.53 Å². The molecule has 3 rings (SSSR count). The van der Waals surface area contributed by atoms with E-state index < -0.39 is 0 Å². The zero-order chi connectivity index (χ0) is 8.46. The number of carbonyl (C=O) groups excluding carboxylic acids is 1. The summed E-state index contributed by atoms with van der Waals surface area (Å²) in [4.78, 5) is 11.4. The Morgan fingerprint density at radius 1 is 1.50 bits per heavy atom. The van der Waals surface area contributed by atoms with Crippen LogP contribution in [0.15, 0.2) is 0 Å². The average molecular weight is 278 g/mol. The molecule has 0 aromatic rings. The topological polar surface area (TPSA) is 26.3 Å². The minimum Gasteiger partial charge on any atom is -0.461 e. The van der Waals surface area contributed by atoms with Gasteiger partial charge in [0, 0.05) is 5.92 Å². The van der Waals surface area contributed by atoms with Crippen LogP contribution in [0.2, 0.25) is 0 Å². The molecule has 1 aliphatic heterocycles. The predicted octanol–water partition coefficient (Wildman–Crippen LogP) is 1.62. The highest BCUT2D eigenvalue weighted by Gasteiger charge is 2.64. The fourth-order valence-electron chi connectivity index (χ4n) is 3.32. The Labute approximate surface area is 85.2 Å². The Morgan fingerprint density at radius 2 is 2.25 bits per heavy atom. The van der Waals surface area contributed by atoms with Crippen LogP contribution in [0.3, 0.4) is 0 Å². The second-order valence-electron chi connectivity index (χ2n) is 4.29. The van der Waals surface area contributed by atoms with E-state index >= 15 is 0 Å². The van der Waals surface area contributed by atoms with E-state index in [2.05, 4.69) is 29.5 Å². The summed E-state index contributed by atoms with van der Waals surface area (Å²) < 4.78 is 5.96. The van der Waals surface area contributed by atoms with E-state index in [-0.39, 0.29) is 18.0 Å². The zero-order valence-electron chi connectivity index (χ0n) is 6.87. The Balaban J connectivity index is 2.06. The van der Waals surface area contributed by atoms with Crippen molar-refractivity contribution < 1.29 is 9.53 Å². The largest absolute Gasteiger partial charge is 0.461 e. The lowest BCUT2D eigenvalue weighted by Gasteiger charge is -2.25. The van der Waals surface area contributed by atoms with Gasteiger partial charge in [0.25, 0.3) is 0 Å². The van der Waals surface area contributed by atoms with Crippen molar-refractivity contribution in [2.75, 3.05) is 0 Å². The van der Waals surface area contributed by atoms with Gasteiger partial charge in [0.1, 0.15) is 6.10 Å². The molecule has 0 unspecified atom stereocenters. The Kier molecular flexibility index (Phi) is 1.37. The highest BCUT2D eigenvalue weighted by Crippen LogP contribution is 2.59. The first-order chi connectivity index (χ1) is 5.70. The molecule has 3 heteroatoms. The van der Waals surface area contributed by atoms with E-state index in [9.17, 15) is 4.79 Å². The Hall–Kier alpha value is 0.200. The van der Waals surface area contributed by atoms with Crippen LogP contribution in [-0.4, -0.2) is 16.0 Å². The van der Waals surface area contributed by atoms with Crippen molar-refractivity contribution in [2.45, 2.75) is 23.4 Å². The van der Waals surface area contributed by atoms with E-state index in [0.717, 1.165) is 5.92 Å². The molecule has 2 bridgehead atoms. The van der Waals surface area contributed by atoms with Crippen LogP contribution in [0.25, 0.3) is 0 Å². The summed E-state index contributed by atoms with van der Waals surface area (Å²) in [5.74, 6) is 2.23. The highest BCUT2D eigenvalue weighted by molar-refractivity contribution is 14.1. The van der Waals surface area contributed by atoms with Crippen molar-refractivity contribution in [3.63, 3.8) is 0 Å². The molecule has 0 aromatic heterocycles. The van der Waals surface area contributed by atoms with Gasteiger partial charge in [-0.25, -0.2) is 0 Å². The van der Waals surface area contributed by atoms with E-state index in [1.165, 1.54) is 6.42 Å². The molecule has 0 N–H and O–H groups in total. The number of alkyl halides is 1. The summed E-state index contributed by atoms with van der Waals surface area (Å²) in [5, 5.41) is 0. The molecule has 3 fully saturated rings. The van der Waals surface area contributed by atoms with Crippen LogP contribution in [0.4, 0.5) is 0 Å². The lowest BCUT2D eigenvalue weighted by molar-refractivity contribution is -0.143. The van der Waals surface area contributed by atoms with Gasteiger partial charge in [-0.2, -0.15) is 0 Å². The number of rotatable bonds is 0. The van der Waals surface area contributed by atoms with Crippen molar-refractivity contribution in [1.82, 2.24) is 0 Å². The van der Waals surface area contributed by atoms with Crippen molar-refractivity contribution in [3.8, 4) is 0 Å². The van der Waals surface area contributed by atoms with Gasteiger partial charge < -0.3 is 4.74 Å². The normalized spacial score (nSPS) is 61.0. The fraction of sp³-hybridized carbons (Fsp3) is 0.889. The molecule has 3 aliphatic rings. The van der Waals surface area contributed by atoms with E-state index in [4.69, 9.17) is 4.74 Å². The highest BCUT2D eigenvalue weighted by atomic mass is 127. The van der Waals surface area contributed by atoms with Gasteiger partial charge in [-0.15, -0.1) is 0 Å². The number of esters is 1. The maximum atomic E-state index is 11.4. The maximum Gasteiger partial charge on any atom is 0.309 e. The number of hydrogen-bond donors (Lipinski definition) is 0. The minimum atomic E-state index is 0.0826. The summed E-state index contributed by atoms with van der Waals surface area (Å²) in [6.07, 6.45) is 1.50. The van der Waals surface area contributed by atoms with Crippen molar-refractivity contribution in [1.29, 1.82) is 0 Å². The number of hydrogen-bond acceptors (Lipinski definition) is 2. The van der Waals surface area contributed by atoms with Crippen LogP contribution in [0, 0.1) is 23.7 Å². The quantitative estimate of drug-likeness (QED) is 0.382. The van der Waals surface area contributed by atoms with Crippen LogP contribution < -0.4 is 0 Å². The van der Waals surface area contributed by atoms with E-state index in [1.54, 1.807) is 0 Å². The molecular formula is C9H11IO2. The smallest absolute Gasteiger partial charge is 0.309 e. The second kappa shape index (κ2) is 2.16. The van der Waals surface area contributed by atoms with Crippen molar-refractivity contribution in [2.24, 2.45) is 23.7 Å². The van der Waals surface area contributed by atoms with Crippen LogP contribution in [0.5, 0.6) is 0 Å². The Bertz CT molecular complexity index is 253. The molecule has 6 atom stereocenters. The van der Waals surface area contributed by atoms with Gasteiger partial charge in [-0.3, -0.25) is 4.79 Å². The molecule has 0 radical (unpaired) electrons. The molecule has 2 nitrogen and oxygen atoms in total. The van der Waals surface area contributed by atoms with Gasteiger partial charge in [0.15, 0.2) is 0 Å². The summed E-state index contributed by atoms with van der Waals surface area (Å²) >= 11 is 2.46. The first-order valence-electron chi connectivity index (χ1n) is 4.54. The SMILES string of the molecule is C[C@@H]1[C@H]2C[C@H]3[C@H](OC(=O)[C@H]13)[C@@H]2I. The number of fused-ring (bicyclic) bond motifs is 1. The third-order valence-electron chi connectivity index (χ3n) is 3.92. The van der Waals surface area contributed by atoms with Crippen molar-refractivity contribution in [3.05, 3.63) is 0 Å². The standard InChI is InChI=1S/C9H11IO2/c1-3-4-2-5-6(3)9(11)12-8(5)7(4)10/h3-8H,2H2,1H3/t3-,4-,5-,6-,7-,8+/m1/s1. The van der Waals surface area contributed by atoms with Gasteiger partial charge >= 0.3 is 5.97 Å². The van der Waals surface area contributed by atoms with Gasteiger partial charge in [0.05, 0.1) is 9.84 Å². The lowest BCUT2D eigenvalue weighted by atomic mass is 9.81. The zero-order valence-corrected chi connectivity index (χ0v) is 9.02. The van der Waals surface area contributed by atoms with Gasteiger partial charge in [0.2, 0.25) is 0 Å². The first-order valence-corrected chi connectivity index (χ1v) is 5.79. The molecule has 2 saturated carbocycles. The molecule has 12 heavy (non-hydrogen) atoms.